The number of carbonyl (C=O) groups excluding carboxylic acids is 1. The molecule has 0 unspecified atom stereocenters. The van der Waals surface area contributed by atoms with Crippen LogP contribution in [0.15, 0.2) is 22.7 Å². The van der Waals surface area contributed by atoms with Gasteiger partial charge in [-0.1, -0.05) is 0 Å². The molecule has 5 heteroatoms. The molecule has 0 saturated heterocycles. The second-order valence-electron chi connectivity index (χ2n) is 4.87. The summed E-state index contributed by atoms with van der Waals surface area (Å²) in [5.41, 5.74) is 0.338. The van der Waals surface area contributed by atoms with Crippen LogP contribution in [0.3, 0.4) is 0 Å². The minimum atomic E-state index is -0.412. The molecular weight excluding hydrogens is 313 g/mol. The highest BCUT2D eigenvalue weighted by Gasteiger charge is 2.21. The number of nitrogens with zero attached hydrogens (tertiary/aromatic N) is 1. The van der Waals surface area contributed by atoms with Crippen LogP contribution in [-0.2, 0) is 4.74 Å². The summed E-state index contributed by atoms with van der Waals surface area (Å²) >= 11 is 3.26. The van der Waals surface area contributed by atoms with Crippen molar-refractivity contribution in [2.75, 3.05) is 26.8 Å². The van der Waals surface area contributed by atoms with Crippen molar-refractivity contribution in [3.05, 3.63) is 34.1 Å². The van der Waals surface area contributed by atoms with Crippen molar-refractivity contribution in [2.24, 2.45) is 5.92 Å². The Labute approximate surface area is 120 Å². The number of ether oxygens (including phenoxy) is 1. The second-order valence-corrected chi connectivity index (χ2v) is 5.72. The summed E-state index contributed by atoms with van der Waals surface area (Å²) < 4.78 is 19.2. The molecule has 1 saturated carbocycles. The van der Waals surface area contributed by atoms with Gasteiger partial charge in [-0.3, -0.25) is 4.79 Å². The van der Waals surface area contributed by atoms with Crippen molar-refractivity contribution >= 4 is 21.8 Å². The molecule has 0 atom stereocenters. The summed E-state index contributed by atoms with van der Waals surface area (Å²) in [5, 5.41) is 0. The highest BCUT2D eigenvalue weighted by Crippen LogP contribution is 2.28. The SMILES string of the molecule is CN(CCOCC1CC1)C(=O)c1cc(F)ccc1Br. The minimum absolute atomic E-state index is 0.207. The summed E-state index contributed by atoms with van der Waals surface area (Å²) in [5.74, 6) is 0.102. The van der Waals surface area contributed by atoms with Crippen LogP contribution in [0.4, 0.5) is 4.39 Å². The maximum atomic E-state index is 13.2. The van der Waals surface area contributed by atoms with E-state index in [1.54, 1.807) is 18.0 Å². The smallest absolute Gasteiger partial charge is 0.254 e. The number of amides is 1. The van der Waals surface area contributed by atoms with E-state index in [-0.39, 0.29) is 5.91 Å². The van der Waals surface area contributed by atoms with E-state index < -0.39 is 5.82 Å². The Bertz CT molecular complexity index is 463. The van der Waals surface area contributed by atoms with Gasteiger partial charge in [-0.25, -0.2) is 4.39 Å². The third kappa shape index (κ3) is 4.28. The van der Waals surface area contributed by atoms with Gasteiger partial charge in [0.05, 0.1) is 12.2 Å². The largest absolute Gasteiger partial charge is 0.379 e. The zero-order valence-electron chi connectivity index (χ0n) is 10.9. The van der Waals surface area contributed by atoms with E-state index in [0.29, 0.717) is 23.2 Å². The topological polar surface area (TPSA) is 29.5 Å². The van der Waals surface area contributed by atoms with Crippen molar-refractivity contribution < 1.29 is 13.9 Å². The average Bonchev–Trinajstić information content (AvgIpc) is 3.20. The highest BCUT2D eigenvalue weighted by atomic mass is 79.9. The normalized spacial score (nSPS) is 14.5. The molecule has 0 heterocycles. The zero-order chi connectivity index (χ0) is 13.8. The summed E-state index contributed by atoms with van der Waals surface area (Å²) in [7, 11) is 1.69. The molecular formula is C14H17BrFNO2. The maximum Gasteiger partial charge on any atom is 0.254 e. The van der Waals surface area contributed by atoms with Gasteiger partial charge in [-0.05, 0) is 52.9 Å². The van der Waals surface area contributed by atoms with Gasteiger partial charge < -0.3 is 9.64 Å². The minimum Gasteiger partial charge on any atom is -0.379 e. The molecule has 0 aliphatic heterocycles. The Morgan fingerprint density at radius 2 is 2.26 bits per heavy atom. The second kappa shape index (κ2) is 6.48. The monoisotopic (exact) mass is 329 g/mol. The van der Waals surface area contributed by atoms with Crippen LogP contribution in [-0.4, -0.2) is 37.6 Å². The first-order valence-electron chi connectivity index (χ1n) is 6.36. The molecule has 0 aromatic heterocycles. The lowest BCUT2D eigenvalue weighted by Crippen LogP contribution is -2.30. The Morgan fingerprint density at radius 3 is 2.95 bits per heavy atom. The zero-order valence-corrected chi connectivity index (χ0v) is 12.5. The van der Waals surface area contributed by atoms with Crippen LogP contribution < -0.4 is 0 Å². The van der Waals surface area contributed by atoms with Crippen molar-refractivity contribution in [3.63, 3.8) is 0 Å². The molecule has 1 aromatic carbocycles. The molecule has 1 amide bonds. The Balaban J connectivity index is 1.84. The number of likely N-dealkylation sites (N-methyl/N-ethyl adjacent to an activating group) is 1. The summed E-state index contributed by atoms with van der Waals surface area (Å²) in [4.78, 5) is 13.7. The predicted molar refractivity (Wildman–Crippen MR) is 74.6 cm³/mol. The molecule has 0 N–H and O–H groups in total. The summed E-state index contributed by atoms with van der Waals surface area (Å²) in [6.45, 7) is 1.81. The molecule has 104 valence electrons. The van der Waals surface area contributed by atoms with Gasteiger partial charge in [-0.2, -0.15) is 0 Å². The van der Waals surface area contributed by atoms with E-state index in [0.717, 1.165) is 12.5 Å². The first kappa shape index (κ1) is 14.5. The van der Waals surface area contributed by atoms with E-state index in [1.807, 2.05) is 0 Å². The summed E-state index contributed by atoms with van der Waals surface area (Å²) in [6.07, 6.45) is 2.51. The Hall–Kier alpha value is -0.940. The van der Waals surface area contributed by atoms with E-state index in [4.69, 9.17) is 4.74 Å². The number of halogens is 2. The van der Waals surface area contributed by atoms with Gasteiger partial charge in [-0.15, -0.1) is 0 Å². The van der Waals surface area contributed by atoms with E-state index >= 15 is 0 Å². The van der Waals surface area contributed by atoms with Crippen LogP contribution in [0.2, 0.25) is 0 Å². The highest BCUT2D eigenvalue weighted by molar-refractivity contribution is 9.10. The number of benzene rings is 1. The number of hydrogen-bond donors (Lipinski definition) is 0. The lowest BCUT2D eigenvalue weighted by molar-refractivity contribution is 0.0680. The van der Waals surface area contributed by atoms with E-state index in [1.165, 1.54) is 25.0 Å². The number of hydrogen-bond acceptors (Lipinski definition) is 2. The van der Waals surface area contributed by atoms with E-state index in [9.17, 15) is 9.18 Å². The fourth-order valence-corrected chi connectivity index (χ4v) is 2.12. The summed E-state index contributed by atoms with van der Waals surface area (Å²) in [6, 6.07) is 4.10. The van der Waals surface area contributed by atoms with Crippen LogP contribution in [0, 0.1) is 11.7 Å². The molecule has 1 fully saturated rings. The van der Waals surface area contributed by atoms with Crippen molar-refractivity contribution in [1.82, 2.24) is 4.90 Å². The molecule has 3 nitrogen and oxygen atoms in total. The molecule has 2 rings (SSSR count). The first-order valence-corrected chi connectivity index (χ1v) is 7.15. The number of rotatable bonds is 6. The van der Waals surface area contributed by atoms with Gasteiger partial charge >= 0.3 is 0 Å². The van der Waals surface area contributed by atoms with Crippen molar-refractivity contribution in [1.29, 1.82) is 0 Å². The fraction of sp³-hybridized carbons (Fsp3) is 0.500. The van der Waals surface area contributed by atoms with Crippen LogP contribution in [0.25, 0.3) is 0 Å². The Kier molecular flexibility index (Phi) is 4.93. The molecule has 0 spiro atoms. The predicted octanol–water partition coefficient (Wildman–Crippen LogP) is 3.09. The van der Waals surface area contributed by atoms with Gasteiger partial charge in [0.15, 0.2) is 0 Å². The maximum absolute atomic E-state index is 13.2. The quantitative estimate of drug-likeness (QED) is 0.750. The molecule has 19 heavy (non-hydrogen) atoms. The molecule has 1 aliphatic carbocycles. The third-order valence-electron chi connectivity index (χ3n) is 3.13. The Morgan fingerprint density at radius 1 is 1.53 bits per heavy atom. The molecule has 0 radical (unpaired) electrons. The fourth-order valence-electron chi connectivity index (χ4n) is 1.70. The van der Waals surface area contributed by atoms with Gasteiger partial charge in [0, 0.05) is 24.7 Å². The van der Waals surface area contributed by atoms with Crippen LogP contribution in [0.5, 0.6) is 0 Å². The first-order chi connectivity index (χ1) is 9.08. The third-order valence-corrected chi connectivity index (χ3v) is 3.82. The van der Waals surface area contributed by atoms with Crippen molar-refractivity contribution in [3.8, 4) is 0 Å². The molecule has 1 aromatic rings. The lowest BCUT2D eigenvalue weighted by Gasteiger charge is -2.18. The van der Waals surface area contributed by atoms with Crippen LogP contribution in [0.1, 0.15) is 23.2 Å². The van der Waals surface area contributed by atoms with Crippen molar-refractivity contribution in [2.45, 2.75) is 12.8 Å². The molecule has 0 bridgehead atoms. The van der Waals surface area contributed by atoms with Crippen LogP contribution >= 0.6 is 15.9 Å². The van der Waals surface area contributed by atoms with Gasteiger partial charge in [0.1, 0.15) is 5.82 Å². The van der Waals surface area contributed by atoms with Gasteiger partial charge in [0.25, 0.3) is 5.91 Å². The van der Waals surface area contributed by atoms with Gasteiger partial charge in [0.2, 0.25) is 0 Å². The standard InChI is InChI=1S/C14H17BrFNO2/c1-17(6-7-19-9-10-2-3-10)14(18)12-8-11(16)4-5-13(12)15/h4-5,8,10H,2-3,6-7,9H2,1H3. The molecule has 1 aliphatic rings. The number of carbonyl (C=O) groups is 1. The lowest BCUT2D eigenvalue weighted by atomic mass is 10.2. The average molecular weight is 330 g/mol. The van der Waals surface area contributed by atoms with E-state index in [2.05, 4.69) is 15.9 Å².